The molecule has 0 aliphatic carbocycles. The smallest absolute Gasteiger partial charge is 0.324 e. The fourth-order valence-corrected chi connectivity index (χ4v) is 1.58. The van der Waals surface area contributed by atoms with E-state index in [2.05, 4.69) is 15.9 Å². The van der Waals surface area contributed by atoms with Crippen molar-refractivity contribution < 1.29 is 9.90 Å². The van der Waals surface area contributed by atoms with E-state index in [4.69, 9.17) is 10.8 Å². The lowest BCUT2D eigenvalue weighted by Crippen LogP contribution is -2.49. The number of hydrogen-bond acceptors (Lipinski definition) is 2. The third-order valence-electron chi connectivity index (χ3n) is 2.49. The molecule has 1 aromatic rings. The van der Waals surface area contributed by atoms with Gasteiger partial charge < -0.3 is 10.8 Å². The van der Waals surface area contributed by atoms with Gasteiger partial charge in [-0.15, -0.1) is 0 Å². The Bertz CT molecular complexity index is 350. The van der Waals surface area contributed by atoms with Gasteiger partial charge in [0, 0.05) is 10.9 Å². The molecule has 0 aliphatic rings. The van der Waals surface area contributed by atoms with E-state index in [-0.39, 0.29) is 0 Å². The summed E-state index contributed by atoms with van der Waals surface area (Å²) in [5, 5.41) is 9.01. The Hall–Kier alpha value is -0.870. The van der Waals surface area contributed by atoms with Crippen LogP contribution in [-0.2, 0) is 11.2 Å². The molecule has 0 saturated carbocycles. The number of hydrogen-bond donors (Lipinski definition) is 2. The van der Waals surface area contributed by atoms with Gasteiger partial charge in [0.15, 0.2) is 0 Å². The van der Waals surface area contributed by atoms with Gasteiger partial charge in [-0.25, -0.2) is 0 Å². The lowest BCUT2D eigenvalue weighted by Gasteiger charge is -2.22. The molecule has 82 valence electrons. The highest BCUT2D eigenvalue weighted by Gasteiger charge is 2.31. The fraction of sp³-hybridized carbons (Fsp3) is 0.364. The maximum absolute atomic E-state index is 11.0. The minimum Gasteiger partial charge on any atom is -0.480 e. The summed E-state index contributed by atoms with van der Waals surface area (Å²) < 4.78 is 0.973. The van der Waals surface area contributed by atoms with Crippen LogP contribution in [-0.4, -0.2) is 16.6 Å². The largest absolute Gasteiger partial charge is 0.480 e. The average Bonchev–Trinajstić information content (AvgIpc) is 2.21. The van der Waals surface area contributed by atoms with Crippen LogP contribution >= 0.6 is 15.9 Å². The van der Waals surface area contributed by atoms with E-state index in [1.807, 2.05) is 24.3 Å². The van der Waals surface area contributed by atoms with Crippen molar-refractivity contribution in [3.8, 4) is 0 Å². The number of benzene rings is 1. The molecule has 3 nitrogen and oxygen atoms in total. The highest BCUT2D eigenvalue weighted by Crippen LogP contribution is 2.17. The van der Waals surface area contributed by atoms with Crippen LogP contribution in [0.3, 0.4) is 0 Å². The van der Waals surface area contributed by atoms with Crippen LogP contribution in [0, 0.1) is 0 Å². The van der Waals surface area contributed by atoms with Crippen LogP contribution < -0.4 is 5.73 Å². The highest BCUT2D eigenvalue weighted by molar-refractivity contribution is 9.10. The van der Waals surface area contributed by atoms with Crippen molar-refractivity contribution in [2.45, 2.75) is 25.3 Å². The van der Waals surface area contributed by atoms with Gasteiger partial charge in [0.1, 0.15) is 5.54 Å². The van der Waals surface area contributed by atoms with Crippen molar-refractivity contribution in [3.63, 3.8) is 0 Å². The molecule has 0 aromatic heterocycles. The van der Waals surface area contributed by atoms with E-state index in [1.165, 1.54) is 0 Å². The Kier molecular flexibility index (Phi) is 3.88. The zero-order valence-electron chi connectivity index (χ0n) is 8.53. The van der Waals surface area contributed by atoms with E-state index in [1.54, 1.807) is 6.92 Å². The van der Waals surface area contributed by atoms with E-state index in [0.717, 1.165) is 10.0 Å². The van der Waals surface area contributed by atoms with Crippen molar-refractivity contribution >= 4 is 21.9 Å². The molecule has 0 saturated heterocycles. The van der Waals surface area contributed by atoms with Gasteiger partial charge in [-0.1, -0.05) is 35.0 Å². The summed E-state index contributed by atoms with van der Waals surface area (Å²) in [6.45, 7) is 1.78. The van der Waals surface area contributed by atoms with Gasteiger partial charge in [0.25, 0.3) is 0 Å². The second-order valence-corrected chi connectivity index (χ2v) is 4.53. The first-order valence-electron chi connectivity index (χ1n) is 4.74. The maximum atomic E-state index is 11.0. The van der Waals surface area contributed by atoms with Crippen LogP contribution in [0.5, 0.6) is 0 Å². The van der Waals surface area contributed by atoms with Crippen molar-refractivity contribution in [1.29, 1.82) is 0 Å². The maximum Gasteiger partial charge on any atom is 0.324 e. The van der Waals surface area contributed by atoms with Gasteiger partial charge in [-0.05, 0) is 24.1 Å². The zero-order chi connectivity index (χ0) is 11.5. The van der Waals surface area contributed by atoms with Gasteiger partial charge in [0.05, 0.1) is 0 Å². The Morgan fingerprint density at radius 3 is 2.40 bits per heavy atom. The first kappa shape index (κ1) is 12.2. The monoisotopic (exact) mass is 271 g/mol. The summed E-state index contributed by atoms with van der Waals surface area (Å²) in [6, 6.07) is 7.52. The molecule has 0 heterocycles. The van der Waals surface area contributed by atoms with Crippen LogP contribution in [0.15, 0.2) is 28.7 Å². The molecule has 0 fully saturated rings. The van der Waals surface area contributed by atoms with Gasteiger partial charge >= 0.3 is 5.97 Å². The highest BCUT2D eigenvalue weighted by atomic mass is 79.9. The molecule has 4 heteroatoms. The SMILES string of the molecule is CCC(N)(Cc1ccc(Br)cc1)C(=O)O. The van der Waals surface area contributed by atoms with Crippen LogP contribution in [0.1, 0.15) is 18.9 Å². The molecule has 0 aliphatic heterocycles. The fourth-order valence-electron chi connectivity index (χ4n) is 1.32. The van der Waals surface area contributed by atoms with Gasteiger partial charge in [-0.3, -0.25) is 4.79 Å². The van der Waals surface area contributed by atoms with Crippen molar-refractivity contribution in [2.24, 2.45) is 5.73 Å². The molecule has 0 bridgehead atoms. The number of halogens is 1. The number of aliphatic carboxylic acids is 1. The molecule has 3 N–H and O–H groups in total. The molecular weight excluding hydrogens is 258 g/mol. The number of carboxylic acids is 1. The standard InChI is InChI=1S/C11H14BrNO2/c1-2-11(13,10(14)15)7-8-3-5-9(12)6-4-8/h3-6H,2,7,13H2,1H3,(H,14,15). The molecule has 1 rings (SSSR count). The number of carbonyl (C=O) groups is 1. The minimum absolute atomic E-state index is 0.353. The van der Waals surface area contributed by atoms with Gasteiger partial charge in [-0.2, -0.15) is 0 Å². The van der Waals surface area contributed by atoms with Crippen molar-refractivity contribution in [3.05, 3.63) is 34.3 Å². The van der Waals surface area contributed by atoms with E-state index >= 15 is 0 Å². The molecule has 1 aromatic carbocycles. The third kappa shape index (κ3) is 3.04. The zero-order valence-corrected chi connectivity index (χ0v) is 10.1. The Morgan fingerprint density at radius 1 is 1.47 bits per heavy atom. The predicted octanol–water partition coefficient (Wildman–Crippen LogP) is 2.18. The summed E-state index contributed by atoms with van der Waals surface area (Å²) in [5.74, 6) is -0.951. The molecule has 1 unspecified atom stereocenters. The first-order valence-corrected chi connectivity index (χ1v) is 5.54. The van der Waals surface area contributed by atoms with Crippen molar-refractivity contribution in [1.82, 2.24) is 0 Å². The summed E-state index contributed by atoms with van der Waals surface area (Å²) >= 11 is 3.32. The number of rotatable bonds is 4. The van der Waals surface area contributed by atoms with E-state index in [0.29, 0.717) is 12.8 Å². The van der Waals surface area contributed by atoms with Crippen LogP contribution in [0.4, 0.5) is 0 Å². The summed E-state index contributed by atoms with van der Waals surface area (Å²) in [7, 11) is 0. The molecular formula is C11H14BrNO2. The average molecular weight is 272 g/mol. The van der Waals surface area contributed by atoms with Crippen LogP contribution in [0.2, 0.25) is 0 Å². The van der Waals surface area contributed by atoms with Crippen molar-refractivity contribution in [2.75, 3.05) is 0 Å². The topological polar surface area (TPSA) is 63.3 Å². The van der Waals surface area contributed by atoms with E-state index in [9.17, 15) is 4.79 Å². The molecule has 0 radical (unpaired) electrons. The minimum atomic E-state index is -1.16. The normalized spacial score (nSPS) is 14.6. The van der Waals surface area contributed by atoms with E-state index < -0.39 is 11.5 Å². The summed E-state index contributed by atoms with van der Waals surface area (Å²) in [5.41, 5.74) is 5.58. The molecule has 15 heavy (non-hydrogen) atoms. The molecule has 1 atom stereocenters. The lowest BCUT2D eigenvalue weighted by atomic mass is 9.89. The summed E-state index contributed by atoms with van der Waals surface area (Å²) in [6.07, 6.45) is 0.768. The second-order valence-electron chi connectivity index (χ2n) is 3.62. The van der Waals surface area contributed by atoms with Crippen LogP contribution in [0.25, 0.3) is 0 Å². The quantitative estimate of drug-likeness (QED) is 0.883. The Labute approximate surface area is 97.4 Å². The Morgan fingerprint density at radius 2 is 2.00 bits per heavy atom. The second kappa shape index (κ2) is 4.77. The number of nitrogens with two attached hydrogens (primary N) is 1. The lowest BCUT2D eigenvalue weighted by molar-refractivity contribution is -0.143. The third-order valence-corrected chi connectivity index (χ3v) is 3.02. The first-order chi connectivity index (χ1) is 6.98. The molecule has 0 spiro atoms. The summed E-state index contributed by atoms with van der Waals surface area (Å²) in [4.78, 5) is 11.0. The van der Waals surface area contributed by atoms with Gasteiger partial charge in [0.2, 0.25) is 0 Å². The Balaban J connectivity index is 2.84. The number of carboxylic acid groups (broad SMARTS) is 1. The molecule has 0 amide bonds. The predicted molar refractivity (Wildman–Crippen MR) is 62.7 cm³/mol.